The Morgan fingerprint density at radius 1 is 0.578 bits per heavy atom. The van der Waals surface area contributed by atoms with Gasteiger partial charge in [0.15, 0.2) is 58.2 Å². The molecule has 4 saturated carbocycles. The number of ketones is 1. The van der Waals surface area contributed by atoms with E-state index in [9.17, 15) is 30.0 Å². The highest BCUT2D eigenvalue weighted by Gasteiger charge is 2.30. The number of hydrogen-bond donors (Lipinski definition) is 11. The lowest BCUT2D eigenvalue weighted by atomic mass is 10.2. The normalized spacial score (nSPS) is 13.9. The molecule has 0 unspecified atom stereocenters. The van der Waals surface area contributed by atoms with Crippen LogP contribution < -0.4 is 35.9 Å². The van der Waals surface area contributed by atoms with Crippen LogP contribution in [0.4, 0.5) is 46.5 Å². The number of methoxy groups -OCH3 is 1. The molecule has 0 amide bonds. The first-order valence-corrected chi connectivity index (χ1v) is 40.2. The van der Waals surface area contributed by atoms with Crippen LogP contribution in [0.2, 0.25) is 0 Å². The molecule has 0 aliphatic heterocycles. The van der Waals surface area contributed by atoms with Crippen molar-refractivity contribution in [3.63, 3.8) is 0 Å². The van der Waals surface area contributed by atoms with E-state index in [1.807, 2.05) is 30.3 Å². The fourth-order valence-corrected chi connectivity index (χ4v) is 15.2. The second-order valence-corrected chi connectivity index (χ2v) is 33.0. The Morgan fingerprint density at radius 2 is 1.10 bits per heavy atom. The van der Waals surface area contributed by atoms with Crippen molar-refractivity contribution in [2.24, 2.45) is 5.14 Å². The van der Waals surface area contributed by atoms with Gasteiger partial charge >= 0.3 is 0 Å². The Labute approximate surface area is 642 Å². The standard InChI is InChI=1S/C20H24N6O3S.C18H16N6O2S.C18H15N5OS.C17H16N6O2S2.5H2/c1-29-11-10-22-30(27,28)18-6-4-15(5-7-18)23-20-21-9-8-16(24-20)12-17-13-19(26-25-17)14-2-3-14;1-2-11-10-20-17(13-4-3-5-14(8-13)27(19,25)26)22-18(11)21-16-9-15(23-24-16)12-6-7-12;1-3-11-9-19-18(15-7-6-14(25-15)10(2)24)21-17(11)20-16-8-13(22-23-16)12-4-5-12;1-3-10-9-19-17(13-6-7-15(26-13)27(24,25)18-2)21-16(10)20-14-8-12(22-23-14)11-4-5-11;;;;;/h4-9,13-14,22H,2-3,10-12H2,1H3,(H,25,26)(H,21,23,24);1,3-5,8-10,12H,6-7H2,(H2,19,25,26)(H2,20,21,22,23,24);1,6-9,12H,4-5H2,2H3,(H2,19,20,21,22,23);1,6-9,11,18H,4-5H2,2H3,(H2,19,20,21,22,23);5*1H. The van der Waals surface area contributed by atoms with E-state index in [0.717, 1.165) is 63.2 Å². The molecule has 4 fully saturated rings. The molecule has 4 aliphatic carbocycles. The third-order valence-electron chi connectivity index (χ3n) is 17.1. The zero-order chi connectivity index (χ0) is 76.4. The molecule has 0 bridgehead atoms. The van der Waals surface area contributed by atoms with Gasteiger partial charge in [-0.2, -0.15) is 20.4 Å². The molecule has 10 heterocycles. The smallest absolute Gasteiger partial charge is 0.249 e. The molecule has 566 valence electrons. The molecule has 10 aromatic heterocycles. The predicted molar refractivity (Wildman–Crippen MR) is 424 cm³/mol. The molecule has 0 spiro atoms. The minimum absolute atomic E-state index is 0. The van der Waals surface area contributed by atoms with Crippen LogP contribution >= 0.6 is 22.7 Å². The highest BCUT2D eigenvalue weighted by Crippen LogP contribution is 2.43. The summed E-state index contributed by atoms with van der Waals surface area (Å²) in [7, 11) is -8.00. The van der Waals surface area contributed by atoms with Gasteiger partial charge < -0.3 is 26.0 Å². The van der Waals surface area contributed by atoms with Crippen molar-refractivity contribution >= 4 is 105 Å². The molecule has 31 nitrogen and oxygen atoms in total. The summed E-state index contributed by atoms with van der Waals surface area (Å²) in [6, 6.07) is 29.2. The molecule has 4 aliphatic rings. The van der Waals surface area contributed by atoms with Crippen LogP contribution in [-0.2, 0) is 41.2 Å². The van der Waals surface area contributed by atoms with Crippen molar-refractivity contribution in [2.45, 2.75) is 102 Å². The molecular weight excluding hydrogens is 1490 g/mol. The van der Waals surface area contributed by atoms with Gasteiger partial charge in [-0.25, -0.2) is 79.7 Å². The number of ether oxygens (including phenoxy) is 1. The number of sulfonamides is 3. The summed E-state index contributed by atoms with van der Waals surface area (Å²) in [4.78, 5) is 48.8. The summed E-state index contributed by atoms with van der Waals surface area (Å²) >= 11 is 2.45. The Bertz CT molecular complexity index is 5830. The van der Waals surface area contributed by atoms with E-state index in [0.29, 0.717) is 133 Å². The average molecular weight is 1570 g/mol. The van der Waals surface area contributed by atoms with Crippen molar-refractivity contribution in [2.75, 3.05) is 48.6 Å². The summed E-state index contributed by atoms with van der Waals surface area (Å²) in [6.07, 6.45) is 33.1. The predicted octanol–water partition coefficient (Wildman–Crippen LogP) is 11.9. The van der Waals surface area contributed by atoms with Crippen molar-refractivity contribution in [1.29, 1.82) is 0 Å². The SMILES string of the molecule is C#Cc1cnc(-c2ccc(C(C)=O)s2)nc1Nc1cc(C2CC2)[nH]n1.C#Cc1cnc(-c2ccc(S(=O)(=O)NC)s2)nc1Nc1cc(C2CC2)[nH]n1.C#Cc1cnc(-c2cccc(S(N)(=O)=O)c2)nc1Nc1cc(C2CC2)[nH]n1.COCCNS(=O)(=O)c1ccc(Nc2nccc(Cc3cc(C4CC4)n[nH]3)n2)cc1.[HH].[HH].[HH].[HH].[HH]. The fourth-order valence-electron chi connectivity index (χ4n) is 10.7. The number of H-pyrrole nitrogens is 4. The number of hydrogen-bond acceptors (Lipinski definition) is 26. The number of nitrogens with two attached hydrogens (primary N) is 1. The number of thiophene rings is 2. The van der Waals surface area contributed by atoms with Gasteiger partial charge in [0.2, 0.25) is 36.0 Å². The number of aromatic nitrogens is 16. The van der Waals surface area contributed by atoms with E-state index in [4.69, 9.17) is 29.1 Å². The summed E-state index contributed by atoms with van der Waals surface area (Å²) in [6.45, 7) is 2.07. The zero-order valence-corrected chi connectivity index (χ0v) is 62.8. The summed E-state index contributed by atoms with van der Waals surface area (Å²) < 4.78 is 81.3. The maximum absolute atomic E-state index is 12.2. The molecule has 0 radical (unpaired) electrons. The Morgan fingerprint density at radius 3 is 1.60 bits per heavy atom. The van der Waals surface area contributed by atoms with Gasteiger partial charge in [0.1, 0.15) is 4.21 Å². The van der Waals surface area contributed by atoms with E-state index in [1.165, 1.54) is 107 Å². The number of carbonyl (C=O) groups excluding carboxylic acids is 1. The van der Waals surface area contributed by atoms with Gasteiger partial charge in [-0.3, -0.25) is 25.2 Å². The maximum Gasteiger partial charge on any atom is 0.249 e. The van der Waals surface area contributed by atoms with Crippen LogP contribution in [0.25, 0.3) is 32.8 Å². The van der Waals surface area contributed by atoms with E-state index in [1.54, 1.807) is 55.7 Å². The number of rotatable bonds is 26. The Balaban J connectivity index is 0.000000188. The maximum atomic E-state index is 12.2. The number of anilines is 8. The van der Waals surface area contributed by atoms with Gasteiger partial charge in [0.05, 0.1) is 59.1 Å². The van der Waals surface area contributed by atoms with Crippen molar-refractivity contribution < 1.29 is 41.9 Å². The first-order chi connectivity index (χ1) is 52.6. The van der Waals surface area contributed by atoms with Crippen LogP contribution in [0.3, 0.4) is 0 Å². The van der Waals surface area contributed by atoms with Gasteiger partial charge in [-0.1, -0.05) is 29.9 Å². The minimum Gasteiger partial charge on any atom is -0.383 e. The second kappa shape index (κ2) is 33.2. The number of aromatic amines is 4. The lowest BCUT2D eigenvalue weighted by molar-refractivity contribution is 0.102. The Kier molecular flexibility index (Phi) is 23.0. The molecule has 12 aromatic rings. The van der Waals surface area contributed by atoms with Crippen LogP contribution in [0, 0.1) is 37.0 Å². The van der Waals surface area contributed by atoms with Crippen molar-refractivity contribution in [3.05, 3.63) is 184 Å². The number of primary sulfonamides is 1. The van der Waals surface area contributed by atoms with Crippen molar-refractivity contribution in [1.82, 2.24) is 90.1 Å². The molecule has 109 heavy (non-hydrogen) atoms. The van der Waals surface area contributed by atoms with Gasteiger partial charge in [-0.05, 0) is 138 Å². The highest BCUT2D eigenvalue weighted by atomic mass is 32.2. The largest absolute Gasteiger partial charge is 0.383 e. The highest BCUT2D eigenvalue weighted by molar-refractivity contribution is 7.91. The number of nitrogens with zero attached hydrogens (tertiary/aromatic N) is 12. The molecule has 0 atom stereocenters. The lowest BCUT2D eigenvalue weighted by Crippen LogP contribution is -2.27. The third-order valence-corrected chi connectivity index (χ3v) is 23.7. The van der Waals surface area contributed by atoms with Gasteiger partial charge in [0.25, 0.3) is 0 Å². The zero-order valence-electron chi connectivity index (χ0n) is 58.7. The monoisotopic (exact) mass is 1570 g/mol. The number of nitrogens with one attached hydrogen (secondary N) is 10. The number of Topliss-reactive ketones (excluding diaryl/α,β-unsaturated/α-hetero) is 1. The van der Waals surface area contributed by atoms with Crippen LogP contribution in [-0.4, -0.2) is 139 Å². The Hall–Kier alpha value is -11.8. The molecular formula is C73H81N23O8S5. The van der Waals surface area contributed by atoms with Crippen LogP contribution in [0.1, 0.15) is 150 Å². The summed E-state index contributed by atoms with van der Waals surface area (Å²) in [5, 5.41) is 47.0. The van der Waals surface area contributed by atoms with Gasteiger partial charge in [0, 0.05) is 128 Å². The fraction of sp³-hybridized carbons (Fsp3) is 0.247. The molecule has 12 N–H and O–H groups in total. The molecule has 36 heteroatoms. The van der Waals surface area contributed by atoms with Crippen LogP contribution in [0.15, 0.2) is 142 Å². The first-order valence-electron chi connectivity index (χ1n) is 34.1. The van der Waals surface area contributed by atoms with E-state index in [2.05, 4.69) is 135 Å². The quantitative estimate of drug-likeness (QED) is 0.0136. The average Bonchev–Trinajstić information content (AvgIpc) is 1.28. The summed E-state index contributed by atoms with van der Waals surface area (Å²) in [5.74, 6) is 15.0. The topological polar surface area (TPSA) is 445 Å². The molecule has 16 rings (SSSR count). The minimum atomic E-state index is -3.82. The van der Waals surface area contributed by atoms with E-state index >= 15 is 0 Å². The number of terminal acetylenes is 3. The number of carbonyl (C=O) groups is 1. The molecule has 2 aromatic carbocycles. The summed E-state index contributed by atoms with van der Waals surface area (Å²) in [5.41, 5.74) is 9.04. The first kappa shape index (κ1) is 75.5. The molecule has 0 saturated heterocycles. The van der Waals surface area contributed by atoms with Gasteiger partial charge in [-0.15, -0.1) is 41.9 Å². The van der Waals surface area contributed by atoms with E-state index in [-0.39, 0.29) is 33.5 Å². The lowest BCUT2D eigenvalue weighted by Gasteiger charge is -2.09. The number of benzene rings is 2. The van der Waals surface area contributed by atoms with Crippen molar-refractivity contribution in [3.8, 4) is 69.8 Å². The van der Waals surface area contributed by atoms with E-state index < -0.39 is 30.1 Å². The van der Waals surface area contributed by atoms with Crippen LogP contribution in [0.5, 0.6) is 0 Å². The third kappa shape index (κ3) is 19.7. The second-order valence-electron chi connectivity index (χ2n) is 25.4.